The SMILES string of the molecule is CCc1[nH]c2ccc(CNc3nccc(N4CCC(O)CC4)n3)cc2c1C. The fourth-order valence-corrected chi connectivity index (χ4v) is 3.78. The molecule has 0 radical (unpaired) electrons. The van der Waals surface area contributed by atoms with E-state index >= 15 is 0 Å². The Morgan fingerprint density at radius 1 is 1.26 bits per heavy atom. The van der Waals surface area contributed by atoms with Crippen LogP contribution in [-0.2, 0) is 13.0 Å². The Hall–Kier alpha value is -2.60. The van der Waals surface area contributed by atoms with E-state index < -0.39 is 0 Å². The summed E-state index contributed by atoms with van der Waals surface area (Å²) in [6.07, 6.45) is 4.22. The van der Waals surface area contributed by atoms with Crippen LogP contribution in [0, 0.1) is 6.92 Å². The van der Waals surface area contributed by atoms with Gasteiger partial charge in [-0.05, 0) is 55.5 Å². The molecule has 0 unspecified atom stereocenters. The molecule has 1 aromatic carbocycles. The topological polar surface area (TPSA) is 77.1 Å². The van der Waals surface area contributed by atoms with Gasteiger partial charge in [0.15, 0.2) is 0 Å². The molecule has 0 atom stereocenters. The van der Waals surface area contributed by atoms with Gasteiger partial charge in [-0.3, -0.25) is 0 Å². The molecule has 0 bridgehead atoms. The molecule has 1 fully saturated rings. The lowest BCUT2D eigenvalue weighted by Gasteiger charge is -2.30. The number of rotatable bonds is 5. The highest BCUT2D eigenvalue weighted by atomic mass is 16.3. The molecule has 6 heteroatoms. The number of H-pyrrole nitrogens is 1. The van der Waals surface area contributed by atoms with Crippen LogP contribution < -0.4 is 10.2 Å². The molecule has 0 amide bonds. The van der Waals surface area contributed by atoms with Gasteiger partial charge in [0.1, 0.15) is 5.82 Å². The Balaban J connectivity index is 1.46. The van der Waals surface area contributed by atoms with Gasteiger partial charge in [-0.2, -0.15) is 4.98 Å². The maximum absolute atomic E-state index is 9.68. The van der Waals surface area contributed by atoms with Crippen molar-refractivity contribution in [3.63, 3.8) is 0 Å². The zero-order chi connectivity index (χ0) is 18.8. The number of hydrogen-bond donors (Lipinski definition) is 3. The molecular formula is C21H27N5O. The summed E-state index contributed by atoms with van der Waals surface area (Å²) in [6.45, 7) is 6.70. The third-order valence-electron chi connectivity index (χ3n) is 5.46. The van der Waals surface area contributed by atoms with Crippen molar-refractivity contribution < 1.29 is 5.11 Å². The van der Waals surface area contributed by atoms with Crippen LogP contribution in [0.3, 0.4) is 0 Å². The zero-order valence-corrected chi connectivity index (χ0v) is 16.0. The first-order chi connectivity index (χ1) is 13.1. The van der Waals surface area contributed by atoms with Gasteiger partial charge in [-0.1, -0.05) is 13.0 Å². The van der Waals surface area contributed by atoms with E-state index in [-0.39, 0.29) is 6.10 Å². The van der Waals surface area contributed by atoms with E-state index in [4.69, 9.17) is 0 Å². The number of nitrogens with one attached hydrogen (secondary N) is 2. The van der Waals surface area contributed by atoms with Crippen molar-refractivity contribution >= 4 is 22.7 Å². The smallest absolute Gasteiger partial charge is 0.224 e. The first-order valence-electron chi connectivity index (χ1n) is 9.74. The van der Waals surface area contributed by atoms with Crippen molar-refractivity contribution in [1.29, 1.82) is 0 Å². The lowest BCUT2D eigenvalue weighted by molar-refractivity contribution is 0.145. The minimum absolute atomic E-state index is 0.180. The molecule has 0 spiro atoms. The van der Waals surface area contributed by atoms with Gasteiger partial charge in [0.25, 0.3) is 0 Å². The number of hydrogen-bond acceptors (Lipinski definition) is 5. The monoisotopic (exact) mass is 365 g/mol. The molecular weight excluding hydrogens is 338 g/mol. The highest BCUT2D eigenvalue weighted by Crippen LogP contribution is 2.24. The average Bonchev–Trinajstić information content (AvgIpc) is 3.02. The Morgan fingerprint density at radius 3 is 2.85 bits per heavy atom. The summed E-state index contributed by atoms with van der Waals surface area (Å²) in [6, 6.07) is 8.46. The van der Waals surface area contributed by atoms with Crippen molar-refractivity contribution in [2.45, 2.75) is 45.8 Å². The highest BCUT2D eigenvalue weighted by molar-refractivity contribution is 5.85. The zero-order valence-electron chi connectivity index (χ0n) is 16.0. The number of nitrogens with zero attached hydrogens (tertiary/aromatic N) is 3. The average molecular weight is 365 g/mol. The maximum atomic E-state index is 9.68. The first kappa shape index (κ1) is 17.8. The summed E-state index contributed by atoms with van der Waals surface area (Å²) < 4.78 is 0. The minimum atomic E-state index is -0.180. The summed E-state index contributed by atoms with van der Waals surface area (Å²) >= 11 is 0. The largest absolute Gasteiger partial charge is 0.393 e. The standard InChI is InChI=1S/C21H27N5O/c1-3-18-14(2)17-12-15(4-5-19(17)24-18)13-23-21-22-9-6-20(25-21)26-10-7-16(27)8-11-26/h4-6,9,12,16,24,27H,3,7-8,10-11,13H2,1-2H3,(H,22,23,25). The van der Waals surface area contributed by atoms with Gasteiger partial charge >= 0.3 is 0 Å². The summed E-state index contributed by atoms with van der Waals surface area (Å²) in [5.74, 6) is 1.56. The first-order valence-corrected chi connectivity index (χ1v) is 9.74. The second kappa shape index (κ2) is 7.56. The molecule has 1 saturated heterocycles. The van der Waals surface area contributed by atoms with Gasteiger partial charge in [0, 0.05) is 42.4 Å². The highest BCUT2D eigenvalue weighted by Gasteiger charge is 2.18. The van der Waals surface area contributed by atoms with Crippen molar-refractivity contribution in [2.24, 2.45) is 0 Å². The lowest BCUT2D eigenvalue weighted by atomic mass is 10.1. The van der Waals surface area contributed by atoms with E-state index in [1.165, 1.54) is 27.7 Å². The van der Waals surface area contributed by atoms with Gasteiger partial charge in [-0.25, -0.2) is 4.98 Å². The quantitative estimate of drug-likeness (QED) is 0.646. The van der Waals surface area contributed by atoms with E-state index in [1.54, 1.807) is 6.20 Å². The molecule has 4 rings (SSSR count). The van der Waals surface area contributed by atoms with Crippen LogP contribution in [-0.4, -0.2) is 39.3 Å². The van der Waals surface area contributed by atoms with E-state index in [0.717, 1.165) is 38.2 Å². The fraction of sp³-hybridized carbons (Fsp3) is 0.429. The third-order valence-corrected chi connectivity index (χ3v) is 5.46. The molecule has 142 valence electrons. The van der Waals surface area contributed by atoms with Crippen LogP contribution in [0.5, 0.6) is 0 Å². The van der Waals surface area contributed by atoms with Crippen LogP contribution in [0.2, 0.25) is 0 Å². The molecule has 1 aliphatic rings. The van der Waals surface area contributed by atoms with Crippen molar-refractivity contribution in [3.8, 4) is 0 Å². The molecule has 6 nitrogen and oxygen atoms in total. The fourth-order valence-electron chi connectivity index (χ4n) is 3.78. The van der Waals surface area contributed by atoms with Crippen LogP contribution in [0.15, 0.2) is 30.5 Å². The summed E-state index contributed by atoms with van der Waals surface area (Å²) in [4.78, 5) is 14.7. The van der Waals surface area contributed by atoms with E-state index in [9.17, 15) is 5.11 Å². The van der Waals surface area contributed by atoms with E-state index in [0.29, 0.717) is 12.5 Å². The molecule has 3 heterocycles. The predicted octanol–water partition coefficient (Wildman–Crippen LogP) is 3.40. The van der Waals surface area contributed by atoms with Crippen molar-refractivity contribution in [2.75, 3.05) is 23.3 Å². The lowest BCUT2D eigenvalue weighted by Crippen LogP contribution is -2.36. The Labute approximate surface area is 159 Å². The number of anilines is 2. The second-order valence-electron chi connectivity index (χ2n) is 7.27. The van der Waals surface area contributed by atoms with Crippen LogP contribution >= 0.6 is 0 Å². The van der Waals surface area contributed by atoms with Crippen LogP contribution in [0.4, 0.5) is 11.8 Å². The Bertz CT molecular complexity index is 927. The van der Waals surface area contributed by atoms with Gasteiger partial charge < -0.3 is 20.3 Å². The number of aromatic amines is 1. The summed E-state index contributed by atoms with van der Waals surface area (Å²) in [5.41, 5.74) is 5.04. The molecule has 0 aliphatic carbocycles. The number of aromatic nitrogens is 3. The molecule has 27 heavy (non-hydrogen) atoms. The predicted molar refractivity (Wildman–Crippen MR) is 109 cm³/mol. The number of aryl methyl sites for hydroxylation is 2. The number of piperidine rings is 1. The number of aliphatic hydroxyl groups is 1. The Kier molecular flexibility index (Phi) is 4.99. The Morgan fingerprint density at radius 2 is 2.07 bits per heavy atom. The molecule has 3 N–H and O–H groups in total. The van der Waals surface area contributed by atoms with Crippen LogP contribution in [0.1, 0.15) is 36.6 Å². The minimum Gasteiger partial charge on any atom is -0.393 e. The third kappa shape index (κ3) is 3.76. The van der Waals surface area contributed by atoms with E-state index in [1.807, 2.05) is 6.07 Å². The van der Waals surface area contributed by atoms with E-state index in [2.05, 4.69) is 57.2 Å². The van der Waals surface area contributed by atoms with Crippen molar-refractivity contribution in [1.82, 2.24) is 15.0 Å². The van der Waals surface area contributed by atoms with Gasteiger partial charge in [-0.15, -0.1) is 0 Å². The summed E-state index contributed by atoms with van der Waals surface area (Å²) in [5, 5.41) is 14.3. The van der Waals surface area contributed by atoms with Crippen LogP contribution in [0.25, 0.3) is 10.9 Å². The van der Waals surface area contributed by atoms with Gasteiger partial charge in [0.2, 0.25) is 5.95 Å². The molecule has 2 aromatic heterocycles. The number of fused-ring (bicyclic) bond motifs is 1. The molecule has 1 aliphatic heterocycles. The summed E-state index contributed by atoms with van der Waals surface area (Å²) in [7, 11) is 0. The number of aliphatic hydroxyl groups excluding tert-OH is 1. The van der Waals surface area contributed by atoms with Crippen molar-refractivity contribution in [3.05, 3.63) is 47.3 Å². The number of benzene rings is 1. The normalized spacial score (nSPS) is 15.4. The maximum Gasteiger partial charge on any atom is 0.224 e. The second-order valence-corrected chi connectivity index (χ2v) is 7.27. The molecule has 3 aromatic rings. The molecule has 0 saturated carbocycles. The van der Waals surface area contributed by atoms with Gasteiger partial charge in [0.05, 0.1) is 6.10 Å².